The molecule has 0 aliphatic carbocycles. The van der Waals surface area contributed by atoms with E-state index in [4.69, 9.17) is 0 Å². The van der Waals surface area contributed by atoms with Crippen LogP contribution in [0.2, 0.25) is 0 Å². The van der Waals surface area contributed by atoms with Crippen molar-refractivity contribution in [1.29, 1.82) is 0 Å². The van der Waals surface area contributed by atoms with Gasteiger partial charge in [-0.05, 0) is 32.1 Å². The maximum atomic E-state index is 12.2. The fraction of sp³-hybridized carbons (Fsp3) is 0.706. The fourth-order valence-electron chi connectivity index (χ4n) is 2.61. The van der Waals surface area contributed by atoms with E-state index in [1.807, 2.05) is 32.4 Å². The van der Waals surface area contributed by atoms with E-state index < -0.39 is 12.0 Å². The molecule has 1 rings (SSSR count). The van der Waals surface area contributed by atoms with Crippen molar-refractivity contribution in [2.45, 2.75) is 67.0 Å². The van der Waals surface area contributed by atoms with Crippen LogP contribution < -0.4 is 5.32 Å². The zero-order valence-corrected chi connectivity index (χ0v) is 15.0. The van der Waals surface area contributed by atoms with Gasteiger partial charge in [-0.2, -0.15) is 5.10 Å². The average molecular weight is 323 g/mol. The first-order valence-electron chi connectivity index (χ1n) is 8.16. The lowest BCUT2D eigenvalue weighted by molar-refractivity contribution is -0.142. The summed E-state index contributed by atoms with van der Waals surface area (Å²) >= 11 is 0. The third-order valence-electron chi connectivity index (χ3n) is 3.75. The minimum atomic E-state index is -0.990. The number of amides is 1. The van der Waals surface area contributed by atoms with E-state index in [1.54, 1.807) is 0 Å². The Kier molecular flexibility index (Phi) is 6.79. The molecular weight excluding hydrogens is 294 g/mol. The number of hydrogen-bond acceptors (Lipinski definition) is 3. The molecule has 6 nitrogen and oxygen atoms in total. The lowest BCUT2D eigenvalue weighted by atomic mass is 10.0. The van der Waals surface area contributed by atoms with Crippen LogP contribution in [-0.4, -0.2) is 32.8 Å². The summed E-state index contributed by atoms with van der Waals surface area (Å²) in [6, 6.07) is -0.839. The number of carbonyl (C=O) groups excluding carboxylic acids is 1. The van der Waals surface area contributed by atoms with Gasteiger partial charge in [-0.1, -0.05) is 27.7 Å². The van der Waals surface area contributed by atoms with E-state index in [2.05, 4.69) is 24.3 Å². The molecule has 2 N–H and O–H groups in total. The van der Waals surface area contributed by atoms with E-state index in [-0.39, 0.29) is 18.2 Å². The standard InChI is InChI=1S/C17H29N3O3/c1-10(2)7-15(17(22)23)18-16(21)8-14-12(5)19-20(13(14)6)9-11(3)4/h10-11,15H,7-9H2,1-6H3,(H,18,21)(H,22,23)/t15-/m0/s1. The van der Waals surface area contributed by atoms with Crippen LogP contribution in [0.1, 0.15) is 51.1 Å². The van der Waals surface area contributed by atoms with E-state index in [9.17, 15) is 14.7 Å². The van der Waals surface area contributed by atoms with Crippen molar-refractivity contribution in [1.82, 2.24) is 15.1 Å². The van der Waals surface area contributed by atoms with Crippen molar-refractivity contribution in [3.05, 3.63) is 17.0 Å². The lowest BCUT2D eigenvalue weighted by Crippen LogP contribution is -2.42. The number of hydrogen-bond donors (Lipinski definition) is 2. The van der Waals surface area contributed by atoms with E-state index in [0.29, 0.717) is 12.3 Å². The van der Waals surface area contributed by atoms with Crippen LogP contribution in [-0.2, 0) is 22.6 Å². The predicted octanol–water partition coefficient (Wildman–Crippen LogP) is 2.31. The van der Waals surface area contributed by atoms with Crippen LogP contribution in [0.3, 0.4) is 0 Å². The molecule has 1 atom stereocenters. The van der Waals surface area contributed by atoms with Crippen LogP contribution in [0.15, 0.2) is 0 Å². The van der Waals surface area contributed by atoms with E-state index in [0.717, 1.165) is 23.5 Å². The summed E-state index contributed by atoms with van der Waals surface area (Å²) < 4.78 is 1.92. The Morgan fingerprint density at radius 3 is 2.26 bits per heavy atom. The fourth-order valence-corrected chi connectivity index (χ4v) is 2.61. The Hall–Kier alpha value is -1.85. The Labute approximate surface area is 138 Å². The molecule has 1 aromatic heterocycles. The Morgan fingerprint density at radius 1 is 1.17 bits per heavy atom. The Balaban J connectivity index is 2.81. The maximum Gasteiger partial charge on any atom is 0.326 e. The molecule has 6 heteroatoms. The van der Waals surface area contributed by atoms with Crippen LogP contribution in [0.5, 0.6) is 0 Å². The van der Waals surface area contributed by atoms with Crippen LogP contribution in [0.25, 0.3) is 0 Å². The summed E-state index contributed by atoms with van der Waals surface area (Å²) in [4.78, 5) is 23.5. The second-order valence-electron chi connectivity index (χ2n) is 6.99. The third kappa shape index (κ3) is 5.69. The second-order valence-corrected chi connectivity index (χ2v) is 6.99. The number of carboxylic acids is 1. The molecule has 0 aromatic carbocycles. The molecule has 0 bridgehead atoms. The molecule has 0 fully saturated rings. The molecule has 0 saturated carbocycles. The molecule has 0 radical (unpaired) electrons. The molecule has 23 heavy (non-hydrogen) atoms. The zero-order chi connectivity index (χ0) is 17.7. The molecule has 0 unspecified atom stereocenters. The van der Waals surface area contributed by atoms with Gasteiger partial charge in [0.2, 0.25) is 5.91 Å². The van der Waals surface area contributed by atoms with Crippen molar-refractivity contribution in [2.75, 3.05) is 0 Å². The van der Waals surface area contributed by atoms with Crippen molar-refractivity contribution in [2.24, 2.45) is 11.8 Å². The first kappa shape index (κ1) is 19.2. The summed E-state index contributed by atoms with van der Waals surface area (Å²) in [6.45, 7) is 12.7. The van der Waals surface area contributed by atoms with Gasteiger partial charge in [0, 0.05) is 17.8 Å². The van der Waals surface area contributed by atoms with Gasteiger partial charge >= 0.3 is 5.97 Å². The quantitative estimate of drug-likeness (QED) is 0.769. The predicted molar refractivity (Wildman–Crippen MR) is 89.3 cm³/mol. The van der Waals surface area contributed by atoms with Crippen LogP contribution >= 0.6 is 0 Å². The van der Waals surface area contributed by atoms with E-state index >= 15 is 0 Å². The largest absolute Gasteiger partial charge is 0.480 e. The summed E-state index contributed by atoms with van der Waals surface area (Å²) in [5.41, 5.74) is 2.69. The van der Waals surface area contributed by atoms with Crippen molar-refractivity contribution < 1.29 is 14.7 Å². The zero-order valence-electron chi connectivity index (χ0n) is 15.0. The van der Waals surface area contributed by atoms with Gasteiger partial charge in [0.25, 0.3) is 0 Å². The van der Waals surface area contributed by atoms with Gasteiger partial charge in [-0.3, -0.25) is 9.48 Å². The van der Waals surface area contributed by atoms with Crippen molar-refractivity contribution in [3.63, 3.8) is 0 Å². The third-order valence-corrected chi connectivity index (χ3v) is 3.75. The van der Waals surface area contributed by atoms with Gasteiger partial charge < -0.3 is 10.4 Å². The SMILES string of the molecule is Cc1nn(CC(C)C)c(C)c1CC(=O)N[C@@H](CC(C)C)C(=O)O. The maximum absolute atomic E-state index is 12.2. The number of nitrogens with one attached hydrogen (secondary N) is 1. The smallest absolute Gasteiger partial charge is 0.326 e. The molecule has 0 aliphatic heterocycles. The molecule has 0 saturated heterocycles. The van der Waals surface area contributed by atoms with Gasteiger partial charge in [-0.25, -0.2) is 4.79 Å². The summed E-state index contributed by atoms with van der Waals surface area (Å²) in [7, 11) is 0. The van der Waals surface area contributed by atoms with Gasteiger partial charge in [-0.15, -0.1) is 0 Å². The number of aliphatic carboxylic acids is 1. The summed E-state index contributed by atoms with van der Waals surface area (Å²) in [6.07, 6.45) is 0.587. The summed E-state index contributed by atoms with van der Waals surface area (Å²) in [5, 5.41) is 16.3. The normalized spacial score (nSPS) is 12.7. The number of carbonyl (C=O) groups is 2. The molecule has 130 valence electrons. The van der Waals surface area contributed by atoms with Gasteiger partial charge in [0.1, 0.15) is 6.04 Å². The minimum absolute atomic E-state index is 0.164. The molecule has 1 amide bonds. The highest BCUT2D eigenvalue weighted by Crippen LogP contribution is 2.15. The first-order valence-corrected chi connectivity index (χ1v) is 8.16. The van der Waals surface area contributed by atoms with Crippen molar-refractivity contribution in [3.8, 4) is 0 Å². The lowest BCUT2D eigenvalue weighted by Gasteiger charge is -2.16. The number of aromatic nitrogens is 2. The number of rotatable bonds is 8. The molecule has 1 heterocycles. The highest BCUT2D eigenvalue weighted by molar-refractivity contribution is 5.85. The Bertz CT molecular complexity index is 562. The topological polar surface area (TPSA) is 84.2 Å². The van der Waals surface area contributed by atoms with Crippen LogP contribution in [0, 0.1) is 25.7 Å². The summed E-state index contributed by atoms with van der Waals surface area (Å²) in [5.74, 6) is -0.588. The number of nitrogens with zero attached hydrogens (tertiary/aromatic N) is 2. The second kappa shape index (κ2) is 8.13. The number of aryl methyl sites for hydroxylation is 1. The molecular formula is C17H29N3O3. The monoisotopic (exact) mass is 323 g/mol. The highest BCUT2D eigenvalue weighted by Gasteiger charge is 2.22. The Morgan fingerprint density at radius 2 is 1.78 bits per heavy atom. The van der Waals surface area contributed by atoms with Gasteiger partial charge in [0.15, 0.2) is 0 Å². The average Bonchev–Trinajstić information content (AvgIpc) is 2.64. The minimum Gasteiger partial charge on any atom is -0.480 e. The van der Waals surface area contributed by atoms with Gasteiger partial charge in [0.05, 0.1) is 12.1 Å². The molecule has 1 aromatic rings. The number of carboxylic acid groups (broad SMARTS) is 1. The highest BCUT2D eigenvalue weighted by atomic mass is 16.4. The molecule has 0 aliphatic rings. The van der Waals surface area contributed by atoms with Crippen molar-refractivity contribution >= 4 is 11.9 Å². The first-order chi connectivity index (χ1) is 10.6. The van der Waals surface area contributed by atoms with Crippen LogP contribution in [0.4, 0.5) is 0 Å². The van der Waals surface area contributed by atoms with E-state index in [1.165, 1.54) is 0 Å². The molecule has 0 spiro atoms.